The summed E-state index contributed by atoms with van der Waals surface area (Å²) in [6, 6.07) is 7.96. The maximum absolute atomic E-state index is 11.2. The first kappa shape index (κ1) is 20.1. The van der Waals surface area contributed by atoms with E-state index in [1.807, 2.05) is 24.3 Å². The number of fused-ring (bicyclic) bond motifs is 4. The van der Waals surface area contributed by atoms with Gasteiger partial charge >= 0.3 is 6.09 Å². The second kappa shape index (κ2) is 8.58. The number of hydrogen-bond donors (Lipinski definition) is 3. The van der Waals surface area contributed by atoms with E-state index >= 15 is 0 Å². The van der Waals surface area contributed by atoms with E-state index in [0.717, 1.165) is 41.7 Å². The summed E-state index contributed by atoms with van der Waals surface area (Å²) in [5, 5.41) is 19.3. The monoisotopic (exact) mass is 385 g/mol. The first-order chi connectivity index (χ1) is 13.4. The molecule has 0 radical (unpaired) electrons. The summed E-state index contributed by atoms with van der Waals surface area (Å²) in [6.07, 6.45) is 4.29. The van der Waals surface area contributed by atoms with Gasteiger partial charge < -0.3 is 20.7 Å². The number of aliphatic hydroxyl groups is 1. The van der Waals surface area contributed by atoms with Gasteiger partial charge in [0.1, 0.15) is 5.75 Å². The van der Waals surface area contributed by atoms with Gasteiger partial charge in [-0.2, -0.15) is 0 Å². The zero-order valence-corrected chi connectivity index (χ0v) is 16.0. The number of primary amides is 1. The molecule has 3 aliphatic heterocycles. The number of ether oxygens (including phenoxy) is 1. The van der Waals surface area contributed by atoms with E-state index in [0.29, 0.717) is 11.8 Å². The van der Waals surface area contributed by atoms with Gasteiger partial charge in [0.05, 0.1) is 18.7 Å². The van der Waals surface area contributed by atoms with Gasteiger partial charge in [0.15, 0.2) is 0 Å². The molecule has 4 N–H and O–H groups in total. The van der Waals surface area contributed by atoms with Crippen molar-refractivity contribution in [3.8, 4) is 5.75 Å². The molecule has 3 fully saturated rings. The van der Waals surface area contributed by atoms with Crippen LogP contribution in [0, 0.1) is 11.8 Å². The molecular weight excluding hydrogens is 358 g/mol. The van der Waals surface area contributed by atoms with Gasteiger partial charge in [0.25, 0.3) is 0 Å². The molecule has 28 heavy (non-hydrogen) atoms. The van der Waals surface area contributed by atoms with E-state index in [1.54, 1.807) is 13.3 Å². The molecule has 5 atom stereocenters. The Kier molecular flexibility index (Phi) is 6.16. The van der Waals surface area contributed by atoms with Crippen molar-refractivity contribution in [1.82, 2.24) is 9.88 Å². The van der Waals surface area contributed by atoms with Gasteiger partial charge in [-0.25, -0.2) is 4.79 Å². The number of nitrogens with two attached hydrogens (primary N) is 1. The highest BCUT2D eigenvalue weighted by Crippen LogP contribution is 2.42. The van der Waals surface area contributed by atoms with Crippen molar-refractivity contribution in [2.24, 2.45) is 17.6 Å². The molecule has 3 aliphatic rings. The molecule has 2 aromatic rings. The highest BCUT2D eigenvalue weighted by Gasteiger charge is 2.42. The Morgan fingerprint density at radius 2 is 2.21 bits per heavy atom. The number of hydrogen-bond acceptors (Lipinski definition) is 5. The Balaban J connectivity index is 0.000000516. The van der Waals surface area contributed by atoms with Crippen molar-refractivity contribution in [3.63, 3.8) is 0 Å². The summed E-state index contributed by atoms with van der Waals surface area (Å²) in [5.74, 6) is 2.01. The molecule has 1 aromatic heterocycles. The molecule has 3 saturated heterocycles. The van der Waals surface area contributed by atoms with Crippen LogP contribution in [0.3, 0.4) is 0 Å². The smallest absolute Gasteiger partial charge is 0.402 e. The normalized spacial score (nSPS) is 26.8. The molecule has 0 saturated carbocycles. The number of methoxy groups -OCH3 is 1. The average Bonchev–Trinajstić information content (AvgIpc) is 2.72. The van der Waals surface area contributed by atoms with E-state index < -0.39 is 12.2 Å². The third-order valence-electron chi connectivity index (χ3n) is 5.82. The minimum Gasteiger partial charge on any atom is -0.497 e. The molecule has 150 valence electrons. The van der Waals surface area contributed by atoms with Crippen LogP contribution in [0.25, 0.3) is 10.9 Å². The van der Waals surface area contributed by atoms with Gasteiger partial charge in [-0.05, 0) is 61.1 Å². The zero-order valence-electron chi connectivity index (χ0n) is 16.0. The second-order valence-corrected chi connectivity index (χ2v) is 7.31. The summed E-state index contributed by atoms with van der Waals surface area (Å²) in [4.78, 5) is 15.6. The van der Waals surface area contributed by atoms with Crippen LogP contribution in [-0.4, -0.2) is 52.4 Å². The molecule has 1 amide bonds. The Bertz CT molecular complexity index is 853. The molecule has 4 heterocycles. The predicted octanol–water partition coefficient (Wildman–Crippen LogP) is 2.80. The number of aliphatic hydroxyl groups excluding tert-OH is 1. The minimum absolute atomic E-state index is 0.178. The number of pyridine rings is 1. The lowest BCUT2D eigenvalue weighted by Crippen LogP contribution is -2.54. The van der Waals surface area contributed by atoms with Gasteiger partial charge in [0.2, 0.25) is 0 Å². The summed E-state index contributed by atoms with van der Waals surface area (Å²) in [7, 11) is 1.66. The first-order valence-corrected chi connectivity index (χ1v) is 9.40. The lowest BCUT2D eigenvalue weighted by atomic mass is 9.73. The third kappa shape index (κ3) is 4.10. The van der Waals surface area contributed by atoms with Crippen molar-refractivity contribution in [2.75, 3.05) is 20.2 Å². The van der Waals surface area contributed by atoms with E-state index in [9.17, 15) is 5.11 Å². The first-order valence-electron chi connectivity index (χ1n) is 9.40. The van der Waals surface area contributed by atoms with Crippen LogP contribution >= 0.6 is 0 Å². The molecule has 0 spiro atoms. The quantitative estimate of drug-likeness (QED) is 0.698. The van der Waals surface area contributed by atoms with E-state index in [1.165, 1.54) is 6.42 Å². The van der Waals surface area contributed by atoms with Gasteiger partial charge in [-0.15, -0.1) is 6.58 Å². The summed E-state index contributed by atoms with van der Waals surface area (Å²) in [6.45, 7) is 6.07. The Morgan fingerprint density at radius 3 is 2.82 bits per heavy atom. The van der Waals surface area contributed by atoms with Crippen LogP contribution in [0.1, 0.15) is 24.5 Å². The minimum atomic E-state index is -1.33. The topological polar surface area (TPSA) is 109 Å². The molecule has 2 bridgehead atoms. The number of aromatic nitrogens is 1. The highest BCUT2D eigenvalue weighted by molar-refractivity contribution is 5.83. The maximum atomic E-state index is 11.2. The second-order valence-electron chi connectivity index (χ2n) is 7.31. The predicted molar refractivity (Wildman–Crippen MR) is 107 cm³/mol. The number of carbonyl (C=O) groups is 1. The molecule has 5 rings (SSSR count). The van der Waals surface area contributed by atoms with Crippen molar-refractivity contribution >= 4 is 17.0 Å². The third-order valence-corrected chi connectivity index (χ3v) is 5.82. The molecule has 1 unspecified atom stereocenters. The maximum Gasteiger partial charge on any atom is 0.402 e. The van der Waals surface area contributed by atoms with Crippen LogP contribution in [0.2, 0.25) is 0 Å². The Labute approximate surface area is 164 Å². The van der Waals surface area contributed by atoms with Crippen molar-refractivity contribution < 1.29 is 19.7 Å². The SMILES string of the molecule is C=C[C@H]1CN2CC[C@H]1C[C@@H]2[C@@H](O)c1ccnc2ccc(OC)cc12.NC(=O)O. The average molecular weight is 385 g/mol. The lowest BCUT2D eigenvalue weighted by Gasteiger charge is -2.50. The number of rotatable bonds is 4. The standard InChI is InChI=1S/C20H24N2O2.CH3NO2/c1-3-13-12-22-9-7-14(13)10-19(22)20(23)16-6-8-21-18-5-4-15(24-2)11-17(16)18;2-1(3)4/h3-6,8,11,13-14,19-20,23H,1,7,9-10,12H2,2H3;2H2,(H,3,4)/t13-,14-,19+,20-;/m0./s1. The number of nitrogens with zero attached hydrogens (tertiary/aromatic N) is 2. The Morgan fingerprint density at radius 1 is 1.46 bits per heavy atom. The molecule has 7 nitrogen and oxygen atoms in total. The van der Waals surface area contributed by atoms with Crippen LogP contribution in [0.15, 0.2) is 43.1 Å². The highest BCUT2D eigenvalue weighted by atomic mass is 16.5. The summed E-state index contributed by atoms with van der Waals surface area (Å²) >= 11 is 0. The van der Waals surface area contributed by atoms with E-state index in [4.69, 9.17) is 14.6 Å². The van der Waals surface area contributed by atoms with Gasteiger partial charge in [-0.3, -0.25) is 9.88 Å². The van der Waals surface area contributed by atoms with Crippen LogP contribution in [0.4, 0.5) is 4.79 Å². The van der Waals surface area contributed by atoms with Gasteiger partial charge in [-0.1, -0.05) is 6.08 Å². The fourth-order valence-electron chi connectivity index (χ4n) is 4.44. The molecule has 7 heteroatoms. The van der Waals surface area contributed by atoms with Crippen LogP contribution in [0.5, 0.6) is 5.75 Å². The fourth-order valence-corrected chi connectivity index (χ4v) is 4.44. The lowest BCUT2D eigenvalue weighted by molar-refractivity contribution is -0.0444. The van der Waals surface area contributed by atoms with Crippen LogP contribution < -0.4 is 10.5 Å². The van der Waals surface area contributed by atoms with Gasteiger partial charge in [0, 0.05) is 24.2 Å². The van der Waals surface area contributed by atoms with Crippen LogP contribution in [-0.2, 0) is 0 Å². The molecule has 0 aliphatic carbocycles. The van der Waals surface area contributed by atoms with Crippen molar-refractivity contribution in [1.29, 1.82) is 0 Å². The summed E-state index contributed by atoms with van der Waals surface area (Å²) < 4.78 is 5.35. The number of carboxylic acid groups (broad SMARTS) is 1. The summed E-state index contributed by atoms with van der Waals surface area (Å²) in [5.41, 5.74) is 5.87. The number of piperidine rings is 3. The number of benzene rings is 1. The molecule has 1 aromatic carbocycles. The van der Waals surface area contributed by atoms with Crippen molar-refractivity contribution in [2.45, 2.75) is 25.0 Å². The largest absolute Gasteiger partial charge is 0.497 e. The van der Waals surface area contributed by atoms with E-state index in [-0.39, 0.29) is 6.04 Å². The zero-order chi connectivity index (χ0) is 20.3. The van der Waals surface area contributed by atoms with E-state index in [2.05, 4.69) is 28.3 Å². The van der Waals surface area contributed by atoms with Crippen molar-refractivity contribution in [3.05, 3.63) is 48.7 Å². The Hall–Kier alpha value is -2.64. The number of amides is 1. The fraction of sp³-hybridized carbons (Fsp3) is 0.429. The molecular formula is C21H27N3O4.